The van der Waals surface area contributed by atoms with E-state index in [9.17, 15) is 4.79 Å². The number of hydrogen-bond donors (Lipinski definition) is 2. The molecule has 0 saturated heterocycles. The van der Waals surface area contributed by atoms with E-state index in [1.807, 2.05) is 24.3 Å². The highest BCUT2D eigenvalue weighted by Gasteiger charge is 2.34. The lowest BCUT2D eigenvalue weighted by molar-refractivity contribution is -0.119. The second-order valence-corrected chi connectivity index (χ2v) is 6.14. The summed E-state index contributed by atoms with van der Waals surface area (Å²) in [5.41, 5.74) is 2.25. The van der Waals surface area contributed by atoms with Crippen LogP contribution in [0.1, 0.15) is 33.1 Å². The SMILES string of the molecule is COCC(=O)Nc1ccc(NC2CCCC2(C)C)cc1. The summed E-state index contributed by atoms with van der Waals surface area (Å²) in [6.45, 7) is 4.71. The zero-order chi connectivity index (χ0) is 14.6. The first-order valence-electron chi connectivity index (χ1n) is 7.17. The van der Waals surface area contributed by atoms with E-state index in [1.165, 1.54) is 26.4 Å². The van der Waals surface area contributed by atoms with E-state index >= 15 is 0 Å². The molecule has 1 atom stereocenters. The minimum absolute atomic E-state index is 0.0796. The van der Waals surface area contributed by atoms with Crippen LogP contribution < -0.4 is 10.6 Å². The van der Waals surface area contributed by atoms with Crippen molar-refractivity contribution in [1.82, 2.24) is 0 Å². The van der Waals surface area contributed by atoms with Crippen molar-refractivity contribution < 1.29 is 9.53 Å². The lowest BCUT2D eigenvalue weighted by atomic mass is 9.87. The number of benzene rings is 1. The molecule has 0 heterocycles. The third-order valence-corrected chi connectivity index (χ3v) is 4.04. The van der Waals surface area contributed by atoms with Gasteiger partial charge in [-0.1, -0.05) is 20.3 Å². The first-order chi connectivity index (χ1) is 9.51. The molecular formula is C16H24N2O2. The molecule has 1 saturated carbocycles. The summed E-state index contributed by atoms with van der Waals surface area (Å²) in [6.07, 6.45) is 3.78. The molecule has 1 aromatic carbocycles. The van der Waals surface area contributed by atoms with E-state index in [0.29, 0.717) is 11.5 Å². The quantitative estimate of drug-likeness (QED) is 0.868. The number of anilines is 2. The molecule has 1 aliphatic rings. The maximum Gasteiger partial charge on any atom is 0.250 e. The van der Waals surface area contributed by atoms with Crippen molar-refractivity contribution in [2.24, 2.45) is 5.41 Å². The summed E-state index contributed by atoms with van der Waals surface area (Å²) < 4.78 is 4.79. The lowest BCUT2D eigenvalue weighted by Crippen LogP contribution is -2.30. The van der Waals surface area contributed by atoms with Gasteiger partial charge in [-0.05, 0) is 42.5 Å². The maximum atomic E-state index is 11.4. The van der Waals surface area contributed by atoms with E-state index in [-0.39, 0.29) is 12.5 Å². The molecule has 1 aromatic rings. The minimum Gasteiger partial charge on any atom is -0.382 e. The highest BCUT2D eigenvalue weighted by molar-refractivity contribution is 5.91. The van der Waals surface area contributed by atoms with Gasteiger partial charge in [0.15, 0.2) is 0 Å². The topological polar surface area (TPSA) is 50.4 Å². The Bertz CT molecular complexity index is 454. The molecule has 0 aromatic heterocycles. The molecule has 4 nitrogen and oxygen atoms in total. The van der Waals surface area contributed by atoms with Gasteiger partial charge in [-0.15, -0.1) is 0 Å². The van der Waals surface area contributed by atoms with Crippen molar-refractivity contribution in [3.05, 3.63) is 24.3 Å². The van der Waals surface area contributed by atoms with Crippen LogP contribution in [0.5, 0.6) is 0 Å². The maximum absolute atomic E-state index is 11.4. The molecule has 1 amide bonds. The third-order valence-electron chi connectivity index (χ3n) is 4.04. The second kappa shape index (κ2) is 6.27. The Labute approximate surface area is 120 Å². The van der Waals surface area contributed by atoms with Crippen LogP contribution in [0.4, 0.5) is 11.4 Å². The Hall–Kier alpha value is -1.55. The van der Waals surface area contributed by atoms with E-state index in [2.05, 4.69) is 24.5 Å². The first-order valence-corrected chi connectivity index (χ1v) is 7.17. The number of nitrogens with one attached hydrogen (secondary N) is 2. The van der Waals surface area contributed by atoms with E-state index in [0.717, 1.165) is 11.4 Å². The zero-order valence-corrected chi connectivity index (χ0v) is 12.5. The predicted octanol–water partition coefficient (Wildman–Crippen LogP) is 3.26. The van der Waals surface area contributed by atoms with Gasteiger partial charge in [0.05, 0.1) is 0 Å². The van der Waals surface area contributed by atoms with Crippen molar-refractivity contribution in [2.45, 2.75) is 39.2 Å². The molecule has 0 aliphatic heterocycles. The molecule has 0 spiro atoms. The number of carbonyl (C=O) groups is 1. The van der Waals surface area contributed by atoms with Gasteiger partial charge < -0.3 is 15.4 Å². The second-order valence-electron chi connectivity index (χ2n) is 6.14. The highest BCUT2D eigenvalue weighted by atomic mass is 16.5. The Morgan fingerprint density at radius 2 is 1.95 bits per heavy atom. The summed E-state index contributed by atoms with van der Waals surface area (Å²) in [5, 5.41) is 6.39. The summed E-state index contributed by atoms with van der Waals surface area (Å²) in [5.74, 6) is -0.134. The van der Waals surface area contributed by atoms with Crippen LogP contribution in [0.15, 0.2) is 24.3 Å². The molecule has 2 N–H and O–H groups in total. The molecule has 110 valence electrons. The van der Waals surface area contributed by atoms with Gasteiger partial charge >= 0.3 is 0 Å². The molecule has 1 unspecified atom stereocenters. The largest absolute Gasteiger partial charge is 0.382 e. The zero-order valence-electron chi connectivity index (χ0n) is 12.5. The summed E-state index contributed by atoms with van der Waals surface area (Å²) in [4.78, 5) is 11.4. The molecule has 2 rings (SSSR count). The number of rotatable bonds is 5. The number of methoxy groups -OCH3 is 1. The van der Waals surface area contributed by atoms with E-state index in [1.54, 1.807) is 0 Å². The van der Waals surface area contributed by atoms with Crippen molar-refractivity contribution in [2.75, 3.05) is 24.4 Å². The van der Waals surface area contributed by atoms with Crippen LogP contribution in [0.25, 0.3) is 0 Å². The normalized spacial score (nSPS) is 20.6. The van der Waals surface area contributed by atoms with Crippen molar-refractivity contribution in [3.63, 3.8) is 0 Å². The molecule has 4 heteroatoms. The first kappa shape index (κ1) is 14.9. The van der Waals surface area contributed by atoms with Gasteiger partial charge in [0.25, 0.3) is 0 Å². The van der Waals surface area contributed by atoms with Crippen LogP contribution in [-0.4, -0.2) is 25.7 Å². The Morgan fingerprint density at radius 1 is 1.30 bits per heavy atom. The predicted molar refractivity (Wildman–Crippen MR) is 82.0 cm³/mol. The van der Waals surface area contributed by atoms with Gasteiger partial charge in [0.2, 0.25) is 5.91 Å². The van der Waals surface area contributed by atoms with Gasteiger partial charge in [0.1, 0.15) is 6.61 Å². The van der Waals surface area contributed by atoms with Gasteiger partial charge in [-0.25, -0.2) is 0 Å². The standard InChI is InChI=1S/C16H24N2O2/c1-16(2)10-4-5-14(16)17-12-6-8-13(9-7-12)18-15(19)11-20-3/h6-9,14,17H,4-5,10-11H2,1-3H3,(H,18,19). The molecule has 1 aliphatic carbocycles. The number of ether oxygens (including phenoxy) is 1. The lowest BCUT2D eigenvalue weighted by Gasteiger charge is -2.28. The molecule has 1 fully saturated rings. The average molecular weight is 276 g/mol. The van der Waals surface area contributed by atoms with Crippen LogP contribution in [-0.2, 0) is 9.53 Å². The molecule has 20 heavy (non-hydrogen) atoms. The summed E-state index contributed by atoms with van der Waals surface area (Å²) in [6, 6.07) is 8.37. The summed E-state index contributed by atoms with van der Waals surface area (Å²) >= 11 is 0. The highest BCUT2D eigenvalue weighted by Crippen LogP contribution is 2.39. The van der Waals surface area contributed by atoms with E-state index < -0.39 is 0 Å². The molecule has 0 bridgehead atoms. The fourth-order valence-electron chi connectivity index (χ4n) is 2.77. The Morgan fingerprint density at radius 3 is 2.50 bits per heavy atom. The van der Waals surface area contributed by atoms with Gasteiger partial charge in [-0.3, -0.25) is 4.79 Å². The van der Waals surface area contributed by atoms with Crippen LogP contribution in [0.3, 0.4) is 0 Å². The van der Waals surface area contributed by atoms with Crippen LogP contribution in [0.2, 0.25) is 0 Å². The monoisotopic (exact) mass is 276 g/mol. The average Bonchev–Trinajstić information content (AvgIpc) is 2.71. The fraction of sp³-hybridized carbons (Fsp3) is 0.562. The van der Waals surface area contributed by atoms with Crippen LogP contribution in [0, 0.1) is 5.41 Å². The molecular weight excluding hydrogens is 252 g/mol. The van der Waals surface area contributed by atoms with Crippen molar-refractivity contribution in [1.29, 1.82) is 0 Å². The number of carbonyl (C=O) groups excluding carboxylic acids is 1. The third kappa shape index (κ3) is 3.73. The minimum atomic E-state index is -0.134. The fourth-order valence-corrected chi connectivity index (χ4v) is 2.77. The van der Waals surface area contributed by atoms with Gasteiger partial charge in [-0.2, -0.15) is 0 Å². The van der Waals surface area contributed by atoms with Gasteiger partial charge in [0, 0.05) is 24.5 Å². The number of amides is 1. The Kier molecular flexibility index (Phi) is 4.65. The number of hydrogen-bond acceptors (Lipinski definition) is 3. The Balaban J connectivity index is 1.93. The van der Waals surface area contributed by atoms with Crippen molar-refractivity contribution in [3.8, 4) is 0 Å². The summed E-state index contributed by atoms with van der Waals surface area (Å²) in [7, 11) is 1.51. The smallest absolute Gasteiger partial charge is 0.250 e. The van der Waals surface area contributed by atoms with Crippen LogP contribution >= 0.6 is 0 Å². The van der Waals surface area contributed by atoms with E-state index in [4.69, 9.17) is 4.74 Å². The molecule has 0 radical (unpaired) electrons. The van der Waals surface area contributed by atoms with Crippen molar-refractivity contribution >= 4 is 17.3 Å².